The number of hydrogen-bond acceptors (Lipinski definition) is 6. The molecule has 0 aromatic heterocycles. The lowest BCUT2D eigenvalue weighted by molar-refractivity contribution is -0.0987. The second-order valence-corrected chi connectivity index (χ2v) is 7.64. The monoisotopic (exact) mass is 460 g/mol. The zero-order valence-corrected chi connectivity index (χ0v) is 20.1. The number of unbranched alkanes of at least 4 members (excludes halogenated alkanes) is 1. The van der Waals surface area contributed by atoms with Crippen LogP contribution in [0.3, 0.4) is 0 Å². The number of phenols is 1. The number of piperidine rings is 1. The van der Waals surface area contributed by atoms with Crippen molar-refractivity contribution in [2.75, 3.05) is 20.1 Å². The first kappa shape index (κ1) is 29.9. The van der Waals surface area contributed by atoms with E-state index in [0.717, 1.165) is 37.7 Å². The Bertz CT molecular complexity index is 780. The van der Waals surface area contributed by atoms with Crippen LogP contribution in [-0.4, -0.2) is 49.4 Å². The van der Waals surface area contributed by atoms with Gasteiger partial charge in [-0.05, 0) is 50.1 Å². The molecule has 3 rings (SSSR count). The molecule has 0 aliphatic carbocycles. The first-order chi connectivity index (χ1) is 16.0. The summed E-state index contributed by atoms with van der Waals surface area (Å²) in [6.07, 6.45) is 5.64. The SMILES string of the molecule is C=O.C=O.CCCCc1ccc(C)cc1.CN1CCC(=NOCc2cc(O)cc(F)c2)CC1. The number of rotatable bonds is 6. The maximum absolute atomic E-state index is 13.0. The van der Waals surface area contributed by atoms with Crippen molar-refractivity contribution in [3.05, 3.63) is 65.0 Å². The number of carbonyl (C=O) groups excluding carboxylic acids is 2. The van der Waals surface area contributed by atoms with Crippen LogP contribution in [0.4, 0.5) is 4.39 Å². The molecule has 2 aromatic carbocycles. The topological polar surface area (TPSA) is 79.2 Å². The Morgan fingerprint density at radius 3 is 2.18 bits per heavy atom. The lowest BCUT2D eigenvalue weighted by Gasteiger charge is -2.22. The number of carbonyl (C=O) groups is 2. The van der Waals surface area contributed by atoms with E-state index in [1.54, 1.807) is 0 Å². The molecule has 1 heterocycles. The molecule has 1 aliphatic rings. The van der Waals surface area contributed by atoms with Gasteiger partial charge in [0.25, 0.3) is 0 Å². The summed E-state index contributed by atoms with van der Waals surface area (Å²) in [5, 5.41) is 13.3. The Balaban J connectivity index is 0.000000586. The van der Waals surface area contributed by atoms with Crippen LogP contribution in [0.5, 0.6) is 5.75 Å². The van der Waals surface area contributed by atoms with Crippen molar-refractivity contribution in [1.82, 2.24) is 4.90 Å². The number of benzene rings is 2. The smallest absolute Gasteiger partial charge is 0.142 e. The van der Waals surface area contributed by atoms with E-state index >= 15 is 0 Å². The summed E-state index contributed by atoms with van der Waals surface area (Å²) >= 11 is 0. The van der Waals surface area contributed by atoms with Gasteiger partial charge in [-0.2, -0.15) is 0 Å². The number of likely N-dealkylation sites (tertiary alicyclic amines) is 1. The van der Waals surface area contributed by atoms with Crippen LogP contribution in [0.2, 0.25) is 0 Å². The predicted molar refractivity (Wildman–Crippen MR) is 131 cm³/mol. The van der Waals surface area contributed by atoms with Crippen LogP contribution in [0.15, 0.2) is 47.6 Å². The lowest BCUT2D eigenvalue weighted by atomic mass is 10.1. The van der Waals surface area contributed by atoms with Gasteiger partial charge in [0, 0.05) is 32.0 Å². The number of aryl methyl sites for hydroxylation is 2. The van der Waals surface area contributed by atoms with Crippen LogP contribution < -0.4 is 0 Å². The Morgan fingerprint density at radius 2 is 1.64 bits per heavy atom. The molecule has 0 unspecified atom stereocenters. The minimum absolute atomic E-state index is 0.0967. The van der Waals surface area contributed by atoms with Gasteiger partial charge in [-0.3, -0.25) is 0 Å². The molecule has 0 radical (unpaired) electrons. The summed E-state index contributed by atoms with van der Waals surface area (Å²) < 4.78 is 13.0. The molecule has 1 aliphatic heterocycles. The first-order valence-corrected chi connectivity index (χ1v) is 10.9. The van der Waals surface area contributed by atoms with Crippen LogP contribution in [0.1, 0.15) is 49.3 Å². The van der Waals surface area contributed by atoms with Gasteiger partial charge >= 0.3 is 0 Å². The van der Waals surface area contributed by atoms with Gasteiger partial charge in [-0.15, -0.1) is 0 Å². The summed E-state index contributed by atoms with van der Waals surface area (Å²) in [5.74, 6) is -0.568. The summed E-state index contributed by atoms with van der Waals surface area (Å²) in [4.78, 5) is 23.4. The zero-order chi connectivity index (χ0) is 25.1. The van der Waals surface area contributed by atoms with E-state index in [4.69, 9.17) is 14.4 Å². The number of phenolic OH excluding ortho intramolecular Hbond substituents is 1. The van der Waals surface area contributed by atoms with Gasteiger partial charge in [0.2, 0.25) is 0 Å². The van der Waals surface area contributed by atoms with Crippen molar-refractivity contribution in [3.8, 4) is 5.75 Å². The summed E-state index contributed by atoms with van der Waals surface area (Å²) in [5.41, 5.74) is 4.43. The molecule has 0 spiro atoms. The normalized spacial score (nSPS) is 12.7. The summed E-state index contributed by atoms with van der Waals surface area (Å²) in [6, 6.07) is 12.7. The molecular formula is C26H37FN2O4. The van der Waals surface area contributed by atoms with E-state index in [9.17, 15) is 9.50 Å². The highest BCUT2D eigenvalue weighted by atomic mass is 19.1. The molecule has 0 atom stereocenters. The fraction of sp³-hybridized carbons (Fsp3) is 0.423. The second-order valence-electron chi connectivity index (χ2n) is 7.64. The molecule has 1 N–H and O–H groups in total. The Labute approximate surface area is 197 Å². The quantitative estimate of drug-likeness (QED) is 0.607. The van der Waals surface area contributed by atoms with E-state index < -0.39 is 5.82 Å². The van der Waals surface area contributed by atoms with Crippen molar-refractivity contribution >= 4 is 19.3 Å². The molecule has 0 bridgehead atoms. The summed E-state index contributed by atoms with van der Waals surface area (Å²) in [6.45, 7) is 10.5. The van der Waals surface area contributed by atoms with Crippen LogP contribution in [-0.2, 0) is 27.5 Å². The Morgan fingerprint density at radius 1 is 1.03 bits per heavy atom. The third kappa shape index (κ3) is 13.9. The van der Waals surface area contributed by atoms with E-state index in [1.165, 1.54) is 42.5 Å². The van der Waals surface area contributed by atoms with Crippen molar-refractivity contribution in [1.29, 1.82) is 0 Å². The fourth-order valence-electron chi connectivity index (χ4n) is 3.02. The fourth-order valence-corrected chi connectivity index (χ4v) is 3.02. The van der Waals surface area contributed by atoms with E-state index in [2.05, 4.69) is 55.2 Å². The van der Waals surface area contributed by atoms with Gasteiger partial charge in [0.05, 0.1) is 5.71 Å². The highest BCUT2D eigenvalue weighted by Crippen LogP contribution is 2.15. The molecule has 1 fully saturated rings. The number of oxime groups is 1. The highest BCUT2D eigenvalue weighted by molar-refractivity contribution is 5.84. The average Bonchev–Trinajstić information content (AvgIpc) is 2.82. The van der Waals surface area contributed by atoms with Crippen LogP contribution in [0, 0.1) is 12.7 Å². The van der Waals surface area contributed by atoms with Gasteiger partial charge in [-0.1, -0.05) is 48.3 Å². The molecule has 0 saturated carbocycles. The summed E-state index contributed by atoms with van der Waals surface area (Å²) in [7, 11) is 2.08. The van der Waals surface area contributed by atoms with Crippen LogP contribution >= 0.6 is 0 Å². The lowest BCUT2D eigenvalue weighted by Crippen LogP contribution is -2.30. The third-order valence-corrected chi connectivity index (χ3v) is 4.87. The molecule has 6 nitrogen and oxygen atoms in total. The number of hydrogen-bond donors (Lipinski definition) is 1. The Kier molecular flexibility index (Phi) is 16.8. The van der Waals surface area contributed by atoms with Gasteiger partial charge in [0.1, 0.15) is 31.8 Å². The largest absolute Gasteiger partial charge is 0.508 e. The maximum atomic E-state index is 13.0. The molecular weight excluding hydrogens is 423 g/mol. The number of aromatic hydroxyl groups is 1. The van der Waals surface area contributed by atoms with Crippen molar-refractivity contribution in [2.45, 2.75) is 52.6 Å². The molecule has 1 saturated heterocycles. The molecule has 182 valence electrons. The number of halogens is 1. The van der Waals surface area contributed by atoms with Crippen molar-refractivity contribution in [2.24, 2.45) is 5.16 Å². The van der Waals surface area contributed by atoms with E-state index in [0.29, 0.717) is 5.56 Å². The standard InChI is InChI=1S/C13H17FN2O2.C11H16.2CH2O/c1-16-4-2-12(3-5-16)15-18-9-10-6-11(14)8-13(17)7-10;1-3-4-5-11-8-6-10(2)7-9-11;2*1-2/h6-8,17H,2-5,9H2,1H3;6-9H,3-5H2,1-2H3;2*1H2. The molecule has 7 heteroatoms. The predicted octanol–water partition coefficient (Wildman–Crippen LogP) is 5.10. The van der Waals surface area contributed by atoms with Gasteiger partial charge in [0.15, 0.2) is 0 Å². The van der Waals surface area contributed by atoms with Gasteiger partial charge in [-0.25, -0.2) is 4.39 Å². The Hall–Kier alpha value is -3.06. The van der Waals surface area contributed by atoms with Crippen molar-refractivity contribution in [3.63, 3.8) is 0 Å². The van der Waals surface area contributed by atoms with Gasteiger partial charge < -0.3 is 24.4 Å². The first-order valence-electron chi connectivity index (χ1n) is 10.9. The minimum atomic E-state index is -0.472. The minimum Gasteiger partial charge on any atom is -0.508 e. The second kappa shape index (κ2) is 18.5. The highest BCUT2D eigenvalue weighted by Gasteiger charge is 2.11. The van der Waals surface area contributed by atoms with E-state index in [1.807, 2.05) is 13.6 Å². The van der Waals surface area contributed by atoms with Crippen molar-refractivity contribution < 1.29 is 23.9 Å². The zero-order valence-electron chi connectivity index (χ0n) is 20.1. The average molecular weight is 461 g/mol. The third-order valence-electron chi connectivity index (χ3n) is 4.87. The maximum Gasteiger partial charge on any atom is 0.142 e. The van der Waals surface area contributed by atoms with Crippen LogP contribution in [0.25, 0.3) is 0 Å². The number of nitrogens with zero attached hydrogens (tertiary/aromatic N) is 2. The molecule has 33 heavy (non-hydrogen) atoms. The molecule has 2 aromatic rings. The van der Waals surface area contributed by atoms with E-state index in [-0.39, 0.29) is 12.4 Å². The molecule has 0 amide bonds.